The van der Waals surface area contributed by atoms with E-state index in [1.54, 1.807) is 36.4 Å². The predicted octanol–water partition coefficient (Wildman–Crippen LogP) is 0.694. The Balaban J connectivity index is 1.76. The summed E-state index contributed by atoms with van der Waals surface area (Å²) in [5.74, 6) is -2.19. The lowest BCUT2D eigenvalue weighted by Gasteiger charge is -2.26. The average molecular weight is 313 g/mol. The third-order valence-electron chi connectivity index (χ3n) is 4.91. The molecule has 0 aliphatic carbocycles. The third kappa shape index (κ3) is 1.73. The monoisotopic (exact) mass is 313 g/mol. The number of nitrogens with zero attached hydrogens (tertiary/aromatic N) is 1. The number of ether oxygens (including phenoxy) is 1. The first kappa shape index (κ1) is 14.3. The fraction of sp³-hybridized carbons (Fsp3) is 0.353. The summed E-state index contributed by atoms with van der Waals surface area (Å²) in [4.78, 5) is 38.2. The summed E-state index contributed by atoms with van der Waals surface area (Å²) in [6, 6.07) is 6.46. The molecule has 0 spiro atoms. The van der Waals surface area contributed by atoms with Gasteiger partial charge in [0.1, 0.15) is 5.60 Å². The predicted molar refractivity (Wildman–Crippen MR) is 79.7 cm³/mol. The molecule has 118 valence electrons. The Hall–Kier alpha value is -2.31. The molecule has 0 aromatic heterocycles. The molecule has 4 rings (SSSR count). The molecule has 6 heteroatoms. The van der Waals surface area contributed by atoms with Crippen LogP contribution in [-0.2, 0) is 14.3 Å². The van der Waals surface area contributed by atoms with Gasteiger partial charge in [0.05, 0.1) is 30.2 Å². The molecule has 0 radical (unpaired) electrons. The van der Waals surface area contributed by atoms with Gasteiger partial charge >= 0.3 is 0 Å². The van der Waals surface area contributed by atoms with Crippen molar-refractivity contribution < 1.29 is 24.2 Å². The number of benzene rings is 1. The average Bonchev–Trinajstić information content (AvgIpc) is 3.18. The Morgan fingerprint density at radius 2 is 2.13 bits per heavy atom. The zero-order valence-corrected chi connectivity index (χ0v) is 12.4. The molecule has 2 fully saturated rings. The lowest BCUT2D eigenvalue weighted by atomic mass is 9.77. The second kappa shape index (κ2) is 4.59. The molecule has 0 saturated carbocycles. The van der Waals surface area contributed by atoms with Gasteiger partial charge in [-0.15, -0.1) is 0 Å². The van der Waals surface area contributed by atoms with Gasteiger partial charge in [0.15, 0.2) is 5.78 Å². The van der Waals surface area contributed by atoms with E-state index in [-0.39, 0.29) is 24.2 Å². The van der Waals surface area contributed by atoms with Gasteiger partial charge in [-0.05, 0) is 19.1 Å². The first-order chi connectivity index (χ1) is 11.0. The van der Waals surface area contributed by atoms with Crippen molar-refractivity contribution in [1.29, 1.82) is 0 Å². The summed E-state index contributed by atoms with van der Waals surface area (Å²) in [5.41, 5.74) is -0.279. The van der Waals surface area contributed by atoms with Crippen molar-refractivity contribution in [3.63, 3.8) is 0 Å². The van der Waals surface area contributed by atoms with Crippen molar-refractivity contribution in [2.24, 2.45) is 11.8 Å². The Kier molecular flexibility index (Phi) is 2.86. The lowest BCUT2D eigenvalue weighted by Crippen LogP contribution is -2.43. The number of aliphatic hydroxyl groups is 1. The number of aliphatic hydroxyl groups excluding tert-OH is 1. The largest absolute Gasteiger partial charge is 0.393 e. The molecule has 2 saturated heterocycles. The highest BCUT2D eigenvalue weighted by molar-refractivity contribution is 6.23. The molecule has 3 heterocycles. The number of Topliss-reactive ketones (excluding diaryl/α,β-unsaturated/α-hetero) is 1. The van der Waals surface area contributed by atoms with Gasteiger partial charge in [0.25, 0.3) is 0 Å². The molecular weight excluding hydrogens is 298 g/mol. The summed E-state index contributed by atoms with van der Waals surface area (Å²) in [6.07, 6.45) is 2.93. The van der Waals surface area contributed by atoms with Crippen molar-refractivity contribution >= 4 is 23.3 Å². The van der Waals surface area contributed by atoms with Crippen LogP contribution in [0, 0.1) is 11.8 Å². The molecule has 6 nitrogen and oxygen atoms in total. The minimum atomic E-state index is -1.10. The van der Waals surface area contributed by atoms with Crippen LogP contribution in [0.15, 0.2) is 36.4 Å². The number of carbonyl (C=O) groups is 3. The summed E-state index contributed by atoms with van der Waals surface area (Å²) in [7, 11) is 0. The number of ketones is 1. The smallest absolute Gasteiger partial charge is 0.241 e. The standard InChI is InChI=1S/C17H15NO5/c1-9(20)10-3-2-4-11(7-10)18-15(21)13-12-5-6-17(8-19,23-12)14(13)16(18)22/h2-7,12-14,19H,8H2,1H3/t12-,13+,14-,17+/m0/s1. The molecule has 3 aliphatic rings. The molecule has 2 amide bonds. The molecule has 1 aromatic rings. The minimum absolute atomic E-state index is 0.136. The van der Waals surface area contributed by atoms with Gasteiger partial charge in [-0.3, -0.25) is 14.4 Å². The van der Waals surface area contributed by atoms with Crippen LogP contribution in [0.2, 0.25) is 0 Å². The van der Waals surface area contributed by atoms with Gasteiger partial charge in [-0.2, -0.15) is 0 Å². The highest BCUT2D eigenvalue weighted by Crippen LogP contribution is 2.52. The number of rotatable bonds is 3. The number of carbonyl (C=O) groups excluding carboxylic acids is 3. The van der Waals surface area contributed by atoms with Gasteiger partial charge in [0, 0.05) is 5.56 Å². The van der Waals surface area contributed by atoms with E-state index in [9.17, 15) is 19.5 Å². The summed E-state index contributed by atoms with van der Waals surface area (Å²) in [6.45, 7) is 1.09. The molecule has 0 unspecified atom stereocenters. The number of fused-ring (bicyclic) bond motifs is 5. The fourth-order valence-corrected chi connectivity index (χ4v) is 3.80. The third-order valence-corrected chi connectivity index (χ3v) is 4.91. The van der Waals surface area contributed by atoms with Crippen LogP contribution in [0.25, 0.3) is 0 Å². The highest BCUT2D eigenvalue weighted by atomic mass is 16.5. The van der Waals surface area contributed by atoms with E-state index in [0.717, 1.165) is 4.90 Å². The second-order valence-corrected chi connectivity index (χ2v) is 6.18. The second-order valence-electron chi connectivity index (χ2n) is 6.18. The van der Waals surface area contributed by atoms with E-state index >= 15 is 0 Å². The van der Waals surface area contributed by atoms with E-state index in [1.807, 2.05) is 0 Å². The highest BCUT2D eigenvalue weighted by Gasteiger charge is 2.67. The molecule has 4 atom stereocenters. The summed E-state index contributed by atoms with van der Waals surface area (Å²) >= 11 is 0. The first-order valence-electron chi connectivity index (χ1n) is 7.45. The number of hydrogen-bond donors (Lipinski definition) is 1. The van der Waals surface area contributed by atoms with E-state index in [1.165, 1.54) is 6.92 Å². The molecular formula is C17H15NO5. The van der Waals surface area contributed by atoms with Gasteiger partial charge in [-0.25, -0.2) is 4.90 Å². The normalized spacial score (nSPS) is 34.3. The van der Waals surface area contributed by atoms with Crippen LogP contribution < -0.4 is 4.90 Å². The zero-order chi connectivity index (χ0) is 16.4. The Morgan fingerprint density at radius 1 is 1.35 bits per heavy atom. The maximum atomic E-state index is 12.8. The molecule has 1 N–H and O–H groups in total. The fourth-order valence-electron chi connectivity index (χ4n) is 3.80. The SMILES string of the molecule is CC(=O)c1cccc(N2C(=O)[C@@H]3[C@@H]4C=C[C@](CO)(O4)[C@@H]3C2=O)c1. The van der Waals surface area contributed by atoms with Crippen molar-refractivity contribution in [3.8, 4) is 0 Å². The van der Waals surface area contributed by atoms with Crippen LogP contribution in [-0.4, -0.2) is 41.0 Å². The van der Waals surface area contributed by atoms with Crippen LogP contribution in [0.1, 0.15) is 17.3 Å². The summed E-state index contributed by atoms with van der Waals surface area (Å²) < 4.78 is 5.68. The van der Waals surface area contributed by atoms with Crippen LogP contribution in [0.3, 0.4) is 0 Å². The number of imide groups is 1. The van der Waals surface area contributed by atoms with Gasteiger partial charge < -0.3 is 9.84 Å². The van der Waals surface area contributed by atoms with Crippen molar-refractivity contribution in [3.05, 3.63) is 42.0 Å². The number of hydrogen-bond acceptors (Lipinski definition) is 5. The zero-order valence-electron chi connectivity index (χ0n) is 12.4. The maximum Gasteiger partial charge on any atom is 0.241 e. The maximum absolute atomic E-state index is 12.8. The number of anilines is 1. The Labute approximate surface area is 132 Å². The van der Waals surface area contributed by atoms with Crippen LogP contribution in [0.4, 0.5) is 5.69 Å². The minimum Gasteiger partial charge on any atom is -0.393 e. The van der Waals surface area contributed by atoms with Gasteiger partial charge in [-0.1, -0.05) is 24.3 Å². The topological polar surface area (TPSA) is 83.9 Å². The van der Waals surface area contributed by atoms with Crippen molar-refractivity contribution in [1.82, 2.24) is 0 Å². The van der Waals surface area contributed by atoms with Crippen LogP contribution >= 0.6 is 0 Å². The molecule has 1 aromatic carbocycles. The van der Waals surface area contributed by atoms with E-state index in [0.29, 0.717) is 11.3 Å². The van der Waals surface area contributed by atoms with E-state index in [4.69, 9.17) is 4.74 Å². The summed E-state index contributed by atoms with van der Waals surface area (Å²) in [5, 5.41) is 9.67. The van der Waals surface area contributed by atoms with E-state index in [2.05, 4.69) is 0 Å². The molecule has 2 bridgehead atoms. The Morgan fingerprint density at radius 3 is 2.83 bits per heavy atom. The van der Waals surface area contributed by atoms with Crippen molar-refractivity contribution in [2.75, 3.05) is 11.5 Å². The lowest BCUT2D eigenvalue weighted by molar-refractivity contribution is -0.128. The van der Waals surface area contributed by atoms with Gasteiger partial charge in [0.2, 0.25) is 11.8 Å². The van der Waals surface area contributed by atoms with Crippen LogP contribution in [0.5, 0.6) is 0 Å². The first-order valence-corrected chi connectivity index (χ1v) is 7.45. The number of amides is 2. The Bertz CT molecular complexity index is 770. The molecule has 23 heavy (non-hydrogen) atoms. The molecule has 3 aliphatic heterocycles. The quantitative estimate of drug-likeness (QED) is 0.504. The van der Waals surface area contributed by atoms with Crippen molar-refractivity contribution in [2.45, 2.75) is 18.6 Å². The van der Waals surface area contributed by atoms with E-state index < -0.39 is 23.5 Å².